The second-order valence-electron chi connectivity index (χ2n) is 6.19. The van der Waals surface area contributed by atoms with Gasteiger partial charge in [0.15, 0.2) is 0 Å². The first-order valence-electron chi connectivity index (χ1n) is 7.30. The van der Waals surface area contributed by atoms with Gasteiger partial charge in [0, 0.05) is 5.41 Å². The molecule has 0 N–H and O–H groups in total. The molecule has 1 aliphatic carbocycles. The summed E-state index contributed by atoms with van der Waals surface area (Å²) in [5.74, 6) is 0. The lowest BCUT2D eigenvalue weighted by atomic mass is 9.79. The molecular weight excluding hydrogens is 228 g/mol. The molecule has 0 nitrogen and oxygen atoms in total. The van der Waals surface area contributed by atoms with Gasteiger partial charge in [0.1, 0.15) is 0 Å². The molecule has 0 bridgehead atoms. The van der Waals surface area contributed by atoms with Crippen molar-refractivity contribution in [1.82, 2.24) is 0 Å². The standard InChI is InChI=1S/C19H22/c1-5-8-15-13(2)19(3,4)18-16-10-7-6-9-14(16)11-12-17(15)18/h6-7,9-12H,5,8H2,1-4H3. The quantitative estimate of drug-likeness (QED) is 0.641. The number of hydrogen-bond acceptors (Lipinski definition) is 0. The van der Waals surface area contributed by atoms with E-state index in [-0.39, 0.29) is 5.41 Å². The first kappa shape index (κ1) is 12.5. The Hall–Kier alpha value is -1.56. The van der Waals surface area contributed by atoms with E-state index in [9.17, 15) is 0 Å². The van der Waals surface area contributed by atoms with Crippen molar-refractivity contribution in [3.8, 4) is 0 Å². The highest BCUT2D eigenvalue weighted by molar-refractivity contribution is 5.95. The summed E-state index contributed by atoms with van der Waals surface area (Å²) in [6.07, 6.45) is 2.41. The van der Waals surface area contributed by atoms with Crippen molar-refractivity contribution in [2.75, 3.05) is 0 Å². The highest BCUT2D eigenvalue weighted by Gasteiger charge is 2.35. The highest BCUT2D eigenvalue weighted by Crippen LogP contribution is 2.49. The van der Waals surface area contributed by atoms with E-state index in [1.807, 2.05) is 0 Å². The van der Waals surface area contributed by atoms with Crippen LogP contribution in [0.25, 0.3) is 16.3 Å². The van der Waals surface area contributed by atoms with E-state index in [0.717, 1.165) is 0 Å². The van der Waals surface area contributed by atoms with Crippen LogP contribution in [0.15, 0.2) is 42.0 Å². The third kappa shape index (κ3) is 1.66. The molecule has 0 saturated carbocycles. The molecular formula is C19H22. The summed E-state index contributed by atoms with van der Waals surface area (Å²) in [5, 5.41) is 2.79. The van der Waals surface area contributed by atoms with E-state index in [1.165, 1.54) is 34.7 Å². The normalized spacial score (nSPS) is 17.1. The highest BCUT2D eigenvalue weighted by atomic mass is 14.4. The van der Waals surface area contributed by atoms with Crippen molar-refractivity contribution in [2.24, 2.45) is 0 Å². The Morgan fingerprint density at radius 3 is 2.47 bits per heavy atom. The first-order valence-corrected chi connectivity index (χ1v) is 7.30. The largest absolute Gasteiger partial charge is 0.0651 e. The molecule has 0 spiro atoms. The fourth-order valence-corrected chi connectivity index (χ4v) is 3.54. The molecule has 0 heterocycles. The van der Waals surface area contributed by atoms with Crippen LogP contribution in [0, 0.1) is 0 Å². The zero-order valence-corrected chi connectivity index (χ0v) is 12.4. The van der Waals surface area contributed by atoms with Crippen molar-refractivity contribution in [3.63, 3.8) is 0 Å². The summed E-state index contributed by atoms with van der Waals surface area (Å²) in [6.45, 7) is 9.33. The van der Waals surface area contributed by atoms with Gasteiger partial charge in [-0.05, 0) is 40.8 Å². The van der Waals surface area contributed by atoms with E-state index in [4.69, 9.17) is 0 Å². The van der Waals surface area contributed by atoms with Crippen LogP contribution in [0.5, 0.6) is 0 Å². The molecule has 0 amide bonds. The molecule has 0 aliphatic heterocycles. The Balaban J connectivity index is 2.35. The molecule has 0 saturated heterocycles. The smallest absolute Gasteiger partial charge is 0.0120 e. The fourth-order valence-electron chi connectivity index (χ4n) is 3.54. The molecule has 2 aromatic rings. The Labute approximate surface area is 116 Å². The van der Waals surface area contributed by atoms with E-state index in [2.05, 4.69) is 64.1 Å². The molecule has 0 radical (unpaired) electrons. The minimum Gasteiger partial charge on any atom is -0.0651 e. The van der Waals surface area contributed by atoms with E-state index < -0.39 is 0 Å². The van der Waals surface area contributed by atoms with Crippen LogP contribution < -0.4 is 0 Å². The van der Waals surface area contributed by atoms with Gasteiger partial charge in [-0.15, -0.1) is 0 Å². The molecule has 0 fully saturated rings. The minimum atomic E-state index is 0.167. The molecule has 2 aromatic carbocycles. The summed E-state index contributed by atoms with van der Waals surface area (Å²) < 4.78 is 0. The SMILES string of the molecule is CCCC1=C(C)C(C)(C)c2c1ccc1ccccc21. The van der Waals surface area contributed by atoms with E-state index in [0.29, 0.717) is 0 Å². The van der Waals surface area contributed by atoms with Gasteiger partial charge in [-0.1, -0.05) is 69.2 Å². The Morgan fingerprint density at radius 2 is 1.74 bits per heavy atom. The Kier molecular flexibility index (Phi) is 2.78. The monoisotopic (exact) mass is 250 g/mol. The molecule has 19 heavy (non-hydrogen) atoms. The van der Waals surface area contributed by atoms with Gasteiger partial charge in [-0.2, -0.15) is 0 Å². The third-order valence-electron chi connectivity index (χ3n) is 4.77. The summed E-state index contributed by atoms with van der Waals surface area (Å²) in [5.41, 5.74) is 6.32. The van der Waals surface area contributed by atoms with E-state index in [1.54, 1.807) is 11.1 Å². The minimum absolute atomic E-state index is 0.167. The van der Waals surface area contributed by atoms with Gasteiger partial charge >= 0.3 is 0 Å². The molecule has 98 valence electrons. The molecule has 0 aromatic heterocycles. The molecule has 1 aliphatic rings. The predicted molar refractivity (Wildman–Crippen MR) is 84.5 cm³/mol. The van der Waals surface area contributed by atoms with Gasteiger partial charge in [-0.3, -0.25) is 0 Å². The molecule has 0 unspecified atom stereocenters. The van der Waals surface area contributed by atoms with Gasteiger partial charge in [0.25, 0.3) is 0 Å². The van der Waals surface area contributed by atoms with Crippen LogP contribution in [-0.2, 0) is 5.41 Å². The molecule has 0 atom stereocenters. The van der Waals surface area contributed by atoms with Crippen molar-refractivity contribution >= 4 is 16.3 Å². The van der Waals surface area contributed by atoms with Crippen molar-refractivity contribution in [1.29, 1.82) is 0 Å². The predicted octanol–water partition coefficient (Wildman–Crippen LogP) is 5.70. The number of hydrogen-bond donors (Lipinski definition) is 0. The maximum absolute atomic E-state index is 2.37. The van der Waals surface area contributed by atoms with E-state index >= 15 is 0 Å². The van der Waals surface area contributed by atoms with Crippen LogP contribution in [0.1, 0.15) is 51.7 Å². The van der Waals surface area contributed by atoms with Gasteiger partial charge < -0.3 is 0 Å². The van der Waals surface area contributed by atoms with Crippen molar-refractivity contribution in [3.05, 3.63) is 53.1 Å². The van der Waals surface area contributed by atoms with Crippen molar-refractivity contribution in [2.45, 2.75) is 46.0 Å². The molecule has 3 rings (SSSR count). The summed E-state index contributed by atoms with van der Waals surface area (Å²) in [6, 6.07) is 13.4. The first-order chi connectivity index (χ1) is 9.07. The average molecular weight is 250 g/mol. The number of benzene rings is 2. The lowest BCUT2D eigenvalue weighted by molar-refractivity contribution is 0.643. The van der Waals surface area contributed by atoms with Crippen LogP contribution in [0.4, 0.5) is 0 Å². The maximum Gasteiger partial charge on any atom is 0.0120 e. The fraction of sp³-hybridized carbons (Fsp3) is 0.368. The van der Waals surface area contributed by atoms with Gasteiger partial charge in [0.05, 0.1) is 0 Å². The van der Waals surface area contributed by atoms with Gasteiger partial charge in [0.2, 0.25) is 0 Å². The third-order valence-corrected chi connectivity index (χ3v) is 4.77. The number of rotatable bonds is 2. The lowest BCUT2D eigenvalue weighted by Crippen LogP contribution is -2.16. The topological polar surface area (TPSA) is 0 Å². The van der Waals surface area contributed by atoms with Crippen LogP contribution in [0.2, 0.25) is 0 Å². The summed E-state index contributed by atoms with van der Waals surface area (Å²) in [4.78, 5) is 0. The number of fused-ring (bicyclic) bond motifs is 3. The summed E-state index contributed by atoms with van der Waals surface area (Å²) >= 11 is 0. The maximum atomic E-state index is 2.37. The second-order valence-corrected chi connectivity index (χ2v) is 6.19. The summed E-state index contributed by atoms with van der Waals surface area (Å²) in [7, 11) is 0. The lowest BCUT2D eigenvalue weighted by Gasteiger charge is -2.24. The number of allylic oxidation sites excluding steroid dienone is 2. The van der Waals surface area contributed by atoms with Crippen LogP contribution >= 0.6 is 0 Å². The Morgan fingerprint density at radius 1 is 1.00 bits per heavy atom. The Bertz CT molecular complexity index is 671. The van der Waals surface area contributed by atoms with Crippen molar-refractivity contribution < 1.29 is 0 Å². The zero-order chi connectivity index (χ0) is 13.6. The zero-order valence-electron chi connectivity index (χ0n) is 12.4. The van der Waals surface area contributed by atoms with Gasteiger partial charge in [-0.25, -0.2) is 0 Å². The second kappa shape index (κ2) is 4.23. The van der Waals surface area contributed by atoms with Crippen LogP contribution in [-0.4, -0.2) is 0 Å². The average Bonchev–Trinajstić information content (AvgIpc) is 2.60. The van der Waals surface area contributed by atoms with Crippen LogP contribution in [0.3, 0.4) is 0 Å². The molecule has 0 heteroatoms.